The molecule has 1 atom stereocenters. The Morgan fingerprint density at radius 3 is 2.87 bits per heavy atom. The predicted octanol–water partition coefficient (Wildman–Crippen LogP) is 2.02. The normalized spacial score (nSPS) is 12.5. The van der Waals surface area contributed by atoms with Gasteiger partial charge in [0.05, 0.1) is 6.61 Å². The van der Waals surface area contributed by atoms with Crippen molar-refractivity contribution >= 4 is 0 Å². The van der Waals surface area contributed by atoms with Gasteiger partial charge >= 0.3 is 0 Å². The van der Waals surface area contributed by atoms with Crippen molar-refractivity contribution in [3.63, 3.8) is 0 Å². The zero-order chi connectivity index (χ0) is 11.1. The Kier molecular flexibility index (Phi) is 5.04. The molecular weight excluding hydrogens is 192 g/mol. The lowest BCUT2D eigenvalue weighted by molar-refractivity contribution is 0.143. The van der Waals surface area contributed by atoms with E-state index in [1.165, 1.54) is 0 Å². The maximum atomic E-state index is 5.41. The van der Waals surface area contributed by atoms with E-state index < -0.39 is 0 Å². The SMILES string of the molecule is CCC(C)c1nccc(OCCOC)n1. The van der Waals surface area contributed by atoms with Gasteiger partial charge in [-0.05, 0) is 6.42 Å². The van der Waals surface area contributed by atoms with E-state index in [1.54, 1.807) is 19.4 Å². The lowest BCUT2D eigenvalue weighted by Gasteiger charge is -2.09. The summed E-state index contributed by atoms with van der Waals surface area (Å²) >= 11 is 0. The first-order valence-corrected chi connectivity index (χ1v) is 5.22. The molecule has 0 aliphatic rings. The Morgan fingerprint density at radius 1 is 1.40 bits per heavy atom. The molecule has 1 heterocycles. The van der Waals surface area contributed by atoms with Crippen LogP contribution in [0.15, 0.2) is 12.3 Å². The highest BCUT2D eigenvalue weighted by molar-refractivity contribution is 5.10. The molecule has 0 saturated heterocycles. The molecule has 15 heavy (non-hydrogen) atoms. The van der Waals surface area contributed by atoms with Crippen molar-refractivity contribution in [3.8, 4) is 5.88 Å². The van der Waals surface area contributed by atoms with Gasteiger partial charge in [0, 0.05) is 25.3 Å². The molecule has 0 amide bonds. The van der Waals surface area contributed by atoms with Crippen LogP contribution in [0.2, 0.25) is 0 Å². The van der Waals surface area contributed by atoms with Crippen molar-refractivity contribution in [1.29, 1.82) is 0 Å². The lowest BCUT2D eigenvalue weighted by atomic mass is 10.1. The van der Waals surface area contributed by atoms with Crippen molar-refractivity contribution in [2.24, 2.45) is 0 Å². The molecular formula is C11H18N2O2. The minimum atomic E-state index is 0.371. The van der Waals surface area contributed by atoms with E-state index in [0.717, 1.165) is 12.2 Å². The van der Waals surface area contributed by atoms with Crippen LogP contribution in [0.1, 0.15) is 32.0 Å². The zero-order valence-electron chi connectivity index (χ0n) is 9.56. The van der Waals surface area contributed by atoms with Crippen LogP contribution in [-0.4, -0.2) is 30.3 Å². The number of nitrogens with zero attached hydrogens (tertiary/aromatic N) is 2. The van der Waals surface area contributed by atoms with Crippen LogP contribution < -0.4 is 4.74 Å². The van der Waals surface area contributed by atoms with E-state index in [-0.39, 0.29) is 0 Å². The molecule has 0 aromatic carbocycles. The number of hydrogen-bond donors (Lipinski definition) is 0. The van der Waals surface area contributed by atoms with Crippen LogP contribution in [0.25, 0.3) is 0 Å². The summed E-state index contributed by atoms with van der Waals surface area (Å²) in [6.45, 7) is 5.32. The standard InChI is InChI=1S/C11H18N2O2/c1-4-9(2)11-12-6-5-10(13-11)15-8-7-14-3/h5-6,9H,4,7-8H2,1-3H3. The van der Waals surface area contributed by atoms with Gasteiger partial charge in [0.25, 0.3) is 0 Å². The minimum Gasteiger partial charge on any atom is -0.475 e. The molecule has 4 heteroatoms. The maximum Gasteiger partial charge on any atom is 0.216 e. The molecule has 0 spiro atoms. The van der Waals surface area contributed by atoms with Gasteiger partial charge < -0.3 is 9.47 Å². The summed E-state index contributed by atoms with van der Waals surface area (Å²) in [6.07, 6.45) is 2.76. The minimum absolute atomic E-state index is 0.371. The summed E-state index contributed by atoms with van der Waals surface area (Å²) in [5.74, 6) is 1.83. The monoisotopic (exact) mass is 210 g/mol. The second-order valence-corrected chi connectivity index (χ2v) is 3.40. The molecule has 0 saturated carbocycles. The van der Waals surface area contributed by atoms with Gasteiger partial charge in [-0.2, -0.15) is 4.98 Å². The third-order valence-corrected chi connectivity index (χ3v) is 2.24. The second-order valence-electron chi connectivity index (χ2n) is 3.40. The van der Waals surface area contributed by atoms with Gasteiger partial charge in [0.15, 0.2) is 0 Å². The topological polar surface area (TPSA) is 44.2 Å². The summed E-state index contributed by atoms with van der Waals surface area (Å²) in [6, 6.07) is 1.77. The van der Waals surface area contributed by atoms with E-state index >= 15 is 0 Å². The summed E-state index contributed by atoms with van der Waals surface area (Å²) in [7, 11) is 1.65. The van der Waals surface area contributed by atoms with E-state index in [2.05, 4.69) is 23.8 Å². The molecule has 0 bridgehead atoms. The fourth-order valence-electron chi connectivity index (χ4n) is 1.09. The molecule has 1 aromatic rings. The average molecular weight is 210 g/mol. The Balaban J connectivity index is 2.57. The van der Waals surface area contributed by atoms with Crippen LogP contribution in [-0.2, 0) is 4.74 Å². The summed E-state index contributed by atoms with van der Waals surface area (Å²) in [5, 5.41) is 0. The number of rotatable bonds is 6. The number of aromatic nitrogens is 2. The summed E-state index contributed by atoms with van der Waals surface area (Å²) in [5.41, 5.74) is 0. The van der Waals surface area contributed by atoms with Crippen LogP contribution in [0, 0.1) is 0 Å². The predicted molar refractivity (Wildman–Crippen MR) is 58.1 cm³/mol. The van der Waals surface area contributed by atoms with Gasteiger partial charge in [0.2, 0.25) is 5.88 Å². The van der Waals surface area contributed by atoms with Crippen LogP contribution in [0.5, 0.6) is 5.88 Å². The largest absolute Gasteiger partial charge is 0.475 e. The first-order chi connectivity index (χ1) is 7.27. The maximum absolute atomic E-state index is 5.41. The molecule has 0 fully saturated rings. The fraction of sp³-hybridized carbons (Fsp3) is 0.636. The van der Waals surface area contributed by atoms with Crippen molar-refractivity contribution < 1.29 is 9.47 Å². The van der Waals surface area contributed by atoms with E-state index in [1.807, 2.05) is 0 Å². The van der Waals surface area contributed by atoms with Gasteiger partial charge in [-0.1, -0.05) is 13.8 Å². The Hall–Kier alpha value is -1.16. The van der Waals surface area contributed by atoms with Crippen molar-refractivity contribution in [1.82, 2.24) is 9.97 Å². The molecule has 1 rings (SSSR count). The van der Waals surface area contributed by atoms with Crippen LogP contribution in [0.4, 0.5) is 0 Å². The highest BCUT2D eigenvalue weighted by Crippen LogP contribution is 2.16. The van der Waals surface area contributed by atoms with E-state index in [9.17, 15) is 0 Å². The highest BCUT2D eigenvalue weighted by atomic mass is 16.5. The Labute approximate surface area is 90.7 Å². The molecule has 0 aliphatic carbocycles. The lowest BCUT2D eigenvalue weighted by Crippen LogP contribution is -2.07. The van der Waals surface area contributed by atoms with Crippen LogP contribution >= 0.6 is 0 Å². The van der Waals surface area contributed by atoms with Gasteiger partial charge in [-0.3, -0.25) is 0 Å². The molecule has 1 aromatic heterocycles. The smallest absolute Gasteiger partial charge is 0.216 e. The Morgan fingerprint density at radius 2 is 2.20 bits per heavy atom. The van der Waals surface area contributed by atoms with Gasteiger partial charge in [-0.15, -0.1) is 0 Å². The van der Waals surface area contributed by atoms with Crippen molar-refractivity contribution in [2.75, 3.05) is 20.3 Å². The molecule has 84 valence electrons. The third-order valence-electron chi connectivity index (χ3n) is 2.24. The highest BCUT2D eigenvalue weighted by Gasteiger charge is 2.07. The summed E-state index contributed by atoms with van der Waals surface area (Å²) in [4.78, 5) is 8.54. The molecule has 0 radical (unpaired) electrons. The van der Waals surface area contributed by atoms with Crippen LogP contribution in [0.3, 0.4) is 0 Å². The van der Waals surface area contributed by atoms with E-state index in [4.69, 9.17) is 9.47 Å². The third kappa shape index (κ3) is 3.83. The van der Waals surface area contributed by atoms with Crippen molar-refractivity contribution in [3.05, 3.63) is 18.1 Å². The number of methoxy groups -OCH3 is 1. The number of ether oxygens (including phenoxy) is 2. The first kappa shape index (κ1) is 11.9. The van der Waals surface area contributed by atoms with E-state index in [0.29, 0.717) is 25.0 Å². The van der Waals surface area contributed by atoms with Crippen molar-refractivity contribution in [2.45, 2.75) is 26.2 Å². The Bertz CT molecular complexity index is 292. The fourth-order valence-corrected chi connectivity index (χ4v) is 1.09. The molecule has 0 aliphatic heterocycles. The second kappa shape index (κ2) is 6.35. The first-order valence-electron chi connectivity index (χ1n) is 5.22. The van der Waals surface area contributed by atoms with Gasteiger partial charge in [0.1, 0.15) is 12.4 Å². The average Bonchev–Trinajstić information content (AvgIpc) is 2.29. The molecule has 1 unspecified atom stereocenters. The number of hydrogen-bond acceptors (Lipinski definition) is 4. The molecule has 4 nitrogen and oxygen atoms in total. The summed E-state index contributed by atoms with van der Waals surface area (Å²) < 4.78 is 10.3. The molecule has 0 N–H and O–H groups in total. The zero-order valence-corrected chi connectivity index (χ0v) is 9.56. The van der Waals surface area contributed by atoms with Gasteiger partial charge in [-0.25, -0.2) is 4.98 Å². The quantitative estimate of drug-likeness (QED) is 0.674.